The molecular formula is C28H30F3NO8. The lowest BCUT2D eigenvalue weighted by atomic mass is 9.94. The van der Waals surface area contributed by atoms with E-state index in [2.05, 4.69) is 5.32 Å². The maximum absolute atomic E-state index is 13.6. The Labute approximate surface area is 227 Å². The largest absolute Gasteiger partial charge is 0.423 e. The average molecular weight is 566 g/mol. The van der Waals surface area contributed by atoms with Crippen LogP contribution in [0.1, 0.15) is 69.8 Å². The van der Waals surface area contributed by atoms with E-state index in [1.165, 1.54) is 12.1 Å². The molecule has 2 aromatic rings. The van der Waals surface area contributed by atoms with Crippen molar-refractivity contribution in [3.63, 3.8) is 0 Å². The van der Waals surface area contributed by atoms with E-state index >= 15 is 0 Å². The van der Waals surface area contributed by atoms with Crippen molar-refractivity contribution in [2.24, 2.45) is 0 Å². The van der Waals surface area contributed by atoms with Gasteiger partial charge in [0.2, 0.25) is 0 Å². The highest BCUT2D eigenvalue weighted by molar-refractivity contribution is 5.97. The predicted molar refractivity (Wildman–Crippen MR) is 132 cm³/mol. The Bertz CT molecular complexity index is 1360. The summed E-state index contributed by atoms with van der Waals surface area (Å²) >= 11 is 0. The average Bonchev–Trinajstić information content (AvgIpc) is 3.45. The summed E-state index contributed by atoms with van der Waals surface area (Å²) in [5.74, 6) is -2.18. The van der Waals surface area contributed by atoms with Crippen molar-refractivity contribution in [1.29, 1.82) is 0 Å². The maximum Gasteiger partial charge on any atom is 0.417 e. The van der Waals surface area contributed by atoms with Gasteiger partial charge in [-0.3, -0.25) is 4.79 Å². The third kappa shape index (κ3) is 4.53. The topological polar surface area (TPSA) is 105 Å². The first-order valence-corrected chi connectivity index (χ1v) is 14.0. The molecule has 12 heteroatoms. The molecule has 1 aromatic heterocycles. The van der Waals surface area contributed by atoms with Crippen LogP contribution in [0.3, 0.4) is 0 Å². The Morgan fingerprint density at radius 2 is 1.45 bits per heavy atom. The zero-order valence-corrected chi connectivity index (χ0v) is 21.7. The summed E-state index contributed by atoms with van der Waals surface area (Å²) in [6.07, 6.45) is 0.231. The molecule has 40 heavy (non-hydrogen) atoms. The van der Waals surface area contributed by atoms with Crippen LogP contribution in [0, 0.1) is 0 Å². The number of amides is 1. The van der Waals surface area contributed by atoms with Crippen molar-refractivity contribution in [1.82, 2.24) is 0 Å². The minimum Gasteiger partial charge on any atom is -0.423 e. The standard InChI is InChI=1S/C28H30F3NO8/c29-28(30,31)17-14-19(33)35-18-13-15(7-8-16(17)18)32-24(34)22-20-21(38-26(37-20)9-3-1-4-10-26)23-25(36-22)40-27(39-23)11-5-2-6-12-27/h7-8,13-14,20-23,25H,1-6,9-12H2,(H,32,34). The van der Waals surface area contributed by atoms with Crippen molar-refractivity contribution < 1.29 is 46.1 Å². The number of hydrogen-bond acceptors (Lipinski definition) is 8. The molecule has 1 amide bonds. The third-order valence-corrected chi connectivity index (χ3v) is 8.69. The first kappa shape index (κ1) is 26.4. The zero-order valence-electron chi connectivity index (χ0n) is 21.7. The van der Waals surface area contributed by atoms with Crippen LogP contribution in [0.25, 0.3) is 11.0 Å². The number of carbonyl (C=O) groups excluding carboxylic acids is 1. The number of rotatable bonds is 2. The number of carbonyl (C=O) groups is 1. The van der Waals surface area contributed by atoms with E-state index in [0.717, 1.165) is 57.4 Å². The molecule has 0 radical (unpaired) electrons. The Balaban J connectivity index is 1.17. The highest BCUT2D eigenvalue weighted by Gasteiger charge is 2.65. The lowest BCUT2D eigenvalue weighted by molar-refractivity contribution is -0.246. The van der Waals surface area contributed by atoms with Crippen LogP contribution >= 0.6 is 0 Å². The summed E-state index contributed by atoms with van der Waals surface area (Å²) in [5.41, 5.74) is -2.41. The summed E-state index contributed by atoms with van der Waals surface area (Å²) in [7, 11) is 0. The summed E-state index contributed by atoms with van der Waals surface area (Å²) in [5, 5.41) is 2.41. The van der Waals surface area contributed by atoms with Gasteiger partial charge in [-0.1, -0.05) is 12.8 Å². The number of halogens is 3. The van der Waals surface area contributed by atoms with Crippen LogP contribution in [-0.4, -0.2) is 48.2 Å². The quantitative estimate of drug-likeness (QED) is 0.508. The Morgan fingerprint density at radius 3 is 2.12 bits per heavy atom. The maximum atomic E-state index is 13.6. The minimum absolute atomic E-state index is 0.140. The van der Waals surface area contributed by atoms with Crippen LogP contribution in [0.2, 0.25) is 0 Å². The molecule has 5 atom stereocenters. The summed E-state index contributed by atoms with van der Waals surface area (Å²) < 4.78 is 77.4. The highest BCUT2D eigenvalue weighted by Crippen LogP contribution is 2.51. The molecule has 1 aromatic carbocycles. The van der Waals surface area contributed by atoms with Crippen LogP contribution in [-0.2, 0) is 34.7 Å². The van der Waals surface area contributed by atoms with Gasteiger partial charge in [0.1, 0.15) is 23.9 Å². The number of fused-ring (bicyclic) bond motifs is 4. The first-order valence-electron chi connectivity index (χ1n) is 14.0. The first-order chi connectivity index (χ1) is 19.1. The number of benzene rings is 1. The third-order valence-electron chi connectivity index (χ3n) is 8.69. The number of hydrogen-bond donors (Lipinski definition) is 1. The number of nitrogens with one attached hydrogen (secondary N) is 1. The minimum atomic E-state index is -4.74. The van der Waals surface area contributed by atoms with E-state index in [1.807, 2.05) is 0 Å². The van der Waals surface area contributed by atoms with Crippen LogP contribution in [0.15, 0.2) is 33.5 Å². The molecular weight excluding hydrogens is 535 g/mol. The molecule has 5 aliphatic rings. The van der Waals surface area contributed by atoms with Crippen molar-refractivity contribution in [3.8, 4) is 0 Å². The normalized spacial score (nSPS) is 32.7. The summed E-state index contributed by atoms with van der Waals surface area (Å²) in [6, 6.07) is 4.08. The fourth-order valence-electron chi connectivity index (χ4n) is 6.86. The molecule has 5 fully saturated rings. The van der Waals surface area contributed by atoms with Gasteiger partial charge in [-0.25, -0.2) is 4.79 Å². The molecule has 2 saturated carbocycles. The van der Waals surface area contributed by atoms with Gasteiger partial charge in [0, 0.05) is 48.9 Å². The van der Waals surface area contributed by atoms with Crippen LogP contribution < -0.4 is 10.9 Å². The van der Waals surface area contributed by atoms with Crippen molar-refractivity contribution in [2.75, 3.05) is 5.32 Å². The molecule has 3 aliphatic heterocycles. The van der Waals surface area contributed by atoms with E-state index in [4.69, 9.17) is 28.1 Å². The molecule has 0 bridgehead atoms. The summed E-state index contributed by atoms with van der Waals surface area (Å²) in [4.78, 5) is 25.4. The molecule has 1 N–H and O–H groups in total. The molecule has 2 spiro atoms. The van der Waals surface area contributed by atoms with E-state index < -0.39 is 65.6 Å². The Morgan fingerprint density at radius 1 is 0.825 bits per heavy atom. The predicted octanol–water partition coefficient (Wildman–Crippen LogP) is 5.00. The Hall–Kier alpha value is -2.51. The Kier molecular flexibility index (Phi) is 6.28. The van der Waals surface area contributed by atoms with Gasteiger partial charge in [-0.2, -0.15) is 13.2 Å². The lowest BCUT2D eigenvalue weighted by Crippen LogP contribution is -2.58. The molecule has 5 unspecified atom stereocenters. The monoisotopic (exact) mass is 565 g/mol. The molecule has 9 nitrogen and oxygen atoms in total. The van der Waals surface area contributed by atoms with Crippen molar-refractivity contribution >= 4 is 22.6 Å². The second-order valence-electron chi connectivity index (χ2n) is 11.4. The number of anilines is 1. The fraction of sp³-hybridized carbons (Fsp3) is 0.643. The second kappa shape index (κ2) is 9.52. The smallest absolute Gasteiger partial charge is 0.417 e. The molecule has 216 valence electrons. The zero-order chi connectivity index (χ0) is 27.7. The van der Waals surface area contributed by atoms with E-state index in [9.17, 15) is 22.8 Å². The van der Waals surface area contributed by atoms with Gasteiger partial charge in [0.15, 0.2) is 24.0 Å². The van der Waals surface area contributed by atoms with Gasteiger partial charge in [0.05, 0.1) is 5.56 Å². The van der Waals surface area contributed by atoms with E-state index in [-0.39, 0.29) is 16.7 Å². The van der Waals surface area contributed by atoms with Crippen LogP contribution in [0.5, 0.6) is 0 Å². The second-order valence-corrected chi connectivity index (χ2v) is 11.4. The lowest BCUT2D eigenvalue weighted by Gasteiger charge is -2.36. The summed E-state index contributed by atoms with van der Waals surface area (Å²) in [6.45, 7) is 0. The SMILES string of the molecule is O=C(Nc1ccc2c(C(F)(F)F)cc(=O)oc2c1)C1OC2OC3(CCCCC3)OC2C2OC3(CCCCC3)OC12. The molecule has 4 heterocycles. The molecule has 7 rings (SSSR count). The molecule has 3 saturated heterocycles. The van der Waals surface area contributed by atoms with Gasteiger partial charge < -0.3 is 33.4 Å². The van der Waals surface area contributed by atoms with Gasteiger partial charge in [-0.05, 0) is 37.8 Å². The van der Waals surface area contributed by atoms with Gasteiger partial charge in [0.25, 0.3) is 5.91 Å². The van der Waals surface area contributed by atoms with Crippen molar-refractivity contribution in [2.45, 2.75) is 113 Å². The van der Waals surface area contributed by atoms with E-state index in [0.29, 0.717) is 18.9 Å². The van der Waals surface area contributed by atoms with Gasteiger partial charge in [-0.15, -0.1) is 0 Å². The van der Waals surface area contributed by atoms with Crippen molar-refractivity contribution in [3.05, 3.63) is 40.2 Å². The number of ether oxygens (including phenoxy) is 5. The van der Waals surface area contributed by atoms with E-state index in [1.54, 1.807) is 0 Å². The fourth-order valence-corrected chi connectivity index (χ4v) is 6.86. The van der Waals surface area contributed by atoms with Crippen LogP contribution in [0.4, 0.5) is 18.9 Å². The molecule has 2 aliphatic carbocycles. The van der Waals surface area contributed by atoms with Gasteiger partial charge >= 0.3 is 11.8 Å². The number of alkyl halides is 3. The highest BCUT2D eigenvalue weighted by atomic mass is 19.4.